The Kier molecular flexibility index (Phi) is 5.05. The number of hydrogen-bond donors (Lipinski definition) is 1. The second-order valence-corrected chi connectivity index (χ2v) is 5.53. The molecular weight excluding hydrogens is 291 g/mol. The van der Waals surface area contributed by atoms with Crippen LogP contribution in [0.25, 0.3) is 0 Å². The van der Waals surface area contributed by atoms with Gasteiger partial charge in [0, 0.05) is 23.5 Å². The van der Waals surface area contributed by atoms with Gasteiger partial charge < -0.3 is 10.6 Å². The fourth-order valence-corrected chi connectivity index (χ4v) is 2.59. The molecule has 1 aromatic heterocycles. The number of carbonyl (C=O) groups excluding carboxylic acids is 2. The van der Waals surface area contributed by atoms with Crippen LogP contribution in [0.2, 0.25) is 0 Å². The van der Waals surface area contributed by atoms with Crippen LogP contribution < -0.4 is 10.6 Å². The third-order valence-electron chi connectivity index (χ3n) is 2.93. The summed E-state index contributed by atoms with van der Waals surface area (Å²) in [4.78, 5) is 25.7. The molecule has 0 aliphatic rings. The zero-order chi connectivity index (χ0) is 15.2. The van der Waals surface area contributed by atoms with Gasteiger partial charge in [0.2, 0.25) is 11.8 Å². The first-order valence-electron chi connectivity index (χ1n) is 6.43. The molecule has 21 heavy (non-hydrogen) atoms. The van der Waals surface area contributed by atoms with E-state index in [4.69, 9.17) is 5.73 Å². The van der Waals surface area contributed by atoms with Gasteiger partial charge in [-0.15, -0.1) is 11.3 Å². The van der Waals surface area contributed by atoms with Crippen LogP contribution in [-0.4, -0.2) is 18.4 Å². The lowest BCUT2D eigenvalue weighted by Crippen LogP contribution is -2.35. The molecule has 0 spiro atoms. The van der Waals surface area contributed by atoms with Crippen LogP contribution in [0.3, 0.4) is 0 Å². The van der Waals surface area contributed by atoms with Crippen molar-refractivity contribution in [3.63, 3.8) is 0 Å². The first-order chi connectivity index (χ1) is 10.1. The average molecular weight is 306 g/mol. The number of anilines is 1. The van der Waals surface area contributed by atoms with E-state index in [9.17, 15) is 14.0 Å². The summed E-state index contributed by atoms with van der Waals surface area (Å²) in [5.41, 5.74) is 5.70. The molecule has 0 saturated heterocycles. The predicted octanol–water partition coefficient (Wildman–Crippen LogP) is 2.34. The summed E-state index contributed by atoms with van der Waals surface area (Å²) in [6.45, 7) is 0.186. The molecule has 6 heteroatoms. The molecule has 2 aromatic rings. The number of nitrogens with zero attached hydrogens (tertiary/aromatic N) is 1. The first-order valence-corrected chi connectivity index (χ1v) is 7.31. The van der Waals surface area contributed by atoms with Gasteiger partial charge in [-0.05, 0) is 35.7 Å². The quantitative estimate of drug-likeness (QED) is 0.890. The standard InChI is InChI=1S/C15H15FN2O2S/c16-11-3-5-12(6-4-11)18(8-7-14(17)19)15(20)10-13-2-1-9-21-13/h1-6,9H,7-8,10H2,(H2,17,19). The fraction of sp³-hybridized carbons (Fsp3) is 0.200. The van der Waals surface area contributed by atoms with Gasteiger partial charge in [-0.2, -0.15) is 0 Å². The molecule has 0 radical (unpaired) electrons. The van der Waals surface area contributed by atoms with Crippen LogP contribution in [0.5, 0.6) is 0 Å². The second kappa shape index (κ2) is 6.99. The van der Waals surface area contributed by atoms with Gasteiger partial charge in [-0.1, -0.05) is 6.07 Å². The number of nitrogens with two attached hydrogens (primary N) is 1. The van der Waals surface area contributed by atoms with E-state index < -0.39 is 5.91 Å². The van der Waals surface area contributed by atoms with Crippen molar-refractivity contribution in [2.45, 2.75) is 12.8 Å². The molecule has 0 aliphatic carbocycles. The predicted molar refractivity (Wildman–Crippen MR) is 80.6 cm³/mol. The van der Waals surface area contributed by atoms with Crippen molar-refractivity contribution in [3.05, 3.63) is 52.5 Å². The number of hydrogen-bond acceptors (Lipinski definition) is 3. The fourth-order valence-electron chi connectivity index (χ4n) is 1.90. The van der Waals surface area contributed by atoms with Crippen molar-refractivity contribution < 1.29 is 14.0 Å². The van der Waals surface area contributed by atoms with Crippen LogP contribution in [-0.2, 0) is 16.0 Å². The van der Waals surface area contributed by atoms with E-state index in [-0.39, 0.29) is 31.1 Å². The lowest BCUT2D eigenvalue weighted by molar-refractivity contribution is -0.118. The van der Waals surface area contributed by atoms with E-state index in [1.807, 2.05) is 17.5 Å². The zero-order valence-electron chi connectivity index (χ0n) is 11.3. The van der Waals surface area contributed by atoms with Crippen molar-refractivity contribution >= 4 is 28.8 Å². The number of amides is 2. The highest BCUT2D eigenvalue weighted by atomic mass is 32.1. The van der Waals surface area contributed by atoms with Gasteiger partial charge in [-0.25, -0.2) is 4.39 Å². The van der Waals surface area contributed by atoms with E-state index in [1.165, 1.54) is 40.5 Å². The van der Waals surface area contributed by atoms with Crippen LogP contribution in [0, 0.1) is 5.82 Å². The first kappa shape index (κ1) is 15.2. The van der Waals surface area contributed by atoms with Crippen LogP contribution in [0.1, 0.15) is 11.3 Å². The van der Waals surface area contributed by atoms with Crippen molar-refractivity contribution in [2.75, 3.05) is 11.4 Å². The molecule has 0 saturated carbocycles. The van der Waals surface area contributed by atoms with Gasteiger partial charge in [0.05, 0.1) is 6.42 Å². The Morgan fingerprint density at radius 3 is 2.48 bits per heavy atom. The number of benzene rings is 1. The second-order valence-electron chi connectivity index (χ2n) is 4.49. The normalized spacial score (nSPS) is 10.3. The van der Waals surface area contributed by atoms with Gasteiger partial charge in [0.15, 0.2) is 0 Å². The maximum Gasteiger partial charge on any atom is 0.232 e. The molecule has 1 heterocycles. The van der Waals surface area contributed by atoms with Gasteiger partial charge >= 0.3 is 0 Å². The van der Waals surface area contributed by atoms with E-state index in [2.05, 4.69) is 0 Å². The van der Waals surface area contributed by atoms with Crippen LogP contribution in [0.4, 0.5) is 10.1 Å². The number of halogens is 1. The molecule has 0 unspecified atom stereocenters. The monoisotopic (exact) mass is 306 g/mol. The van der Waals surface area contributed by atoms with Gasteiger partial charge in [0.1, 0.15) is 5.82 Å². The van der Waals surface area contributed by atoms with Crippen molar-refractivity contribution in [1.29, 1.82) is 0 Å². The number of primary amides is 1. The Morgan fingerprint density at radius 2 is 1.90 bits per heavy atom. The summed E-state index contributed by atoms with van der Waals surface area (Å²) < 4.78 is 13.0. The summed E-state index contributed by atoms with van der Waals surface area (Å²) in [6, 6.07) is 9.35. The Bertz CT molecular complexity index is 611. The zero-order valence-corrected chi connectivity index (χ0v) is 12.1. The Labute approximate surface area is 126 Å². The molecule has 0 aliphatic heterocycles. The molecule has 1 aromatic carbocycles. The number of thiophene rings is 1. The van der Waals surface area contributed by atoms with Gasteiger partial charge in [-0.3, -0.25) is 9.59 Å². The minimum absolute atomic E-state index is 0.0631. The lowest BCUT2D eigenvalue weighted by Gasteiger charge is -2.22. The SMILES string of the molecule is NC(=O)CCN(C(=O)Cc1cccs1)c1ccc(F)cc1. The van der Waals surface area contributed by atoms with Crippen LogP contribution >= 0.6 is 11.3 Å². The Balaban J connectivity index is 2.16. The number of rotatable bonds is 6. The summed E-state index contributed by atoms with van der Waals surface area (Å²) in [7, 11) is 0. The maximum absolute atomic E-state index is 13.0. The molecule has 0 atom stereocenters. The Hall–Kier alpha value is -2.21. The molecule has 0 fully saturated rings. The number of carbonyl (C=O) groups is 2. The van der Waals surface area contributed by atoms with E-state index >= 15 is 0 Å². The topological polar surface area (TPSA) is 63.4 Å². The summed E-state index contributed by atoms with van der Waals surface area (Å²) >= 11 is 1.49. The van der Waals surface area contributed by atoms with E-state index in [1.54, 1.807) is 0 Å². The molecule has 2 rings (SSSR count). The highest BCUT2D eigenvalue weighted by Gasteiger charge is 2.17. The molecule has 0 bridgehead atoms. The third kappa shape index (κ3) is 4.39. The summed E-state index contributed by atoms with van der Waals surface area (Å²) in [5.74, 6) is -1.00. The summed E-state index contributed by atoms with van der Waals surface area (Å²) in [6.07, 6.45) is 0.307. The highest BCUT2D eigenvalue weighted by Crippen LogP contribution is 2.18. The molecule has 2 N–H and O–H groups in total. The molecule has 4 nitrogen and oxygen atoms in total. The maximum atomic E-state index is 13.0. The molecular formula is C15H15FN2O2S. The largest absolute Gasteiger partial charge is 0.370 e. The smallest absolute Gasteiger partial charge is 0.232 e. The van der Waals surface area contributed by atoms with E-state index in [0.717, 1.165) is 4.88 Å². The minimum Gasteiger partial charge on any atom is -0.370 e. The van der Waals surface area contributed by atoms with Crippen molar-refractivity contribution in [3.8, 4) is 0 Å². The molecule has 110 valence electrons. The van der Waals surface area contributed by atoms with Gasteiger partial charge in [0.25, 0.3) is 0 Å². The third-order valence-corrected chi connectivity index (χ3v) is 3.80. The molecule has 2 amide bonds. The highest BCUT2D eigenvalue weighted by molar-refractivity contribution is 7.10. The van der Waals surface area contributed by atoms with Crippen molar-refractivity contribution in [2.24, 2.45) is 5.73 Å². The van der Waals surface area contributed by atoms with Crippen LogP contribution in [0.15, 0.2) is 41.8 Å². The van der Waals surface area contributed by atoms with E-state index in [0.29, 0.717) is 5.69 Å². The van der Waals surface area contributed by atoms with Crippen molar-refractivity contribution in [1.82, 2.24) is 0 Å². The summed E-state index contributed by atoms with van der Waals surface area (Å²) in [5, 5.41) is 1.90. The average Bonchev–Trinajstić information content (AvgIpc) is 2.93. The minimum atomic E-state index is -0.481. The Morgan fingerprint density at radius 1 is 1.19 bits per heavy atom. The lowest BCUT2D eigenvalue weighted by atomic mass is 10.2.